The molecule has 1 aliphatic heterocycles. The van der Waals surface area contributed by atoms with Crippen LogP contribution in [0.15, 0.2) is 36.4 Å². The SMILES string of the molecule is O=C(N[C@H]1CC[C@@H](CO)O1)C1CC(c2c(-c3ccc(F)cc3)[nH]c3c(F)cc(F)cc23)C1. The van der Waals surface area contributed by atoms with Crippen LogP contribution >= 0.6 is 0 Å². The van der Waals surface area contributed by atoms with Crippen LogP contribution in [0.3, 0.4) is 0 Å². The minimum Gasteiger partial charge on any atom is -0.394 e. The molecule has 8 heteroatoms. The van der Waals surface area contributed by atoms with Crippen LogP contribution in [0.2, 0.25) is 0 Å². The molecule has 3 aromatic rings. The Morgan fingerprint density at radius 3 is 2.53 bits per heavy atom. The molecule has 0 bridgehead atoms. The van der Waals surface area contributed by atoms with E-state index in [0.717, 1.165) is 11.6 Å². The van der Waals surface area contributed by atoms with Gasteiger partial charge in [0.25, 0.3) is 0 Å². The van der Waals surface area contributed by atoms with Gasteiger partial charge in [0.15, 0.2) is 0 Å². The average Bonchev–Trinajstić information content (AvgIpc) is 3.33. The Morgan fingerprint density at radius 1 is 1.09 bits per heavy atom. The first-order valence-electron chi connectivity index (χ1n) is 10.8. The van der Waals surface area contributed by atoms with E-state index in [1.807, 2.05) is 0 Å². The van der Waals surface area contributed by atoms with Gasteiger partial charge in [0, 0.05) is 17.4 Å². The van der Waals surface area contributed by atoms with Crippen molar-refractivity contribution < 1.29 is 27.8 Å². The molecule has 2 heterocycles. The lowest BCUT2D eigenvalue weighted by Crippen LogP contribution is -2.43. The summed E-state index contributed by atoms with van der Waals surface area (Å²) in [5, 5.41) is 12.5. The summed E-state index contributed by atoms with van der Waals surface area (Å²) in [6.45, 7) is -0.0717. The lowest BCUT2D eigenvalue weighted by Gasteiger charge is -2.35. The summed E-state index contributed by atoms with van der Waals surface area (Å²) in [7, 11) is 0. The number of aromatic nitrogens is 1. The minimum absolute atomic E-state index is 0.0717. The Kier molecular flexibility index (Phi) is 5.43. The Balaban J connectivity index is 1.40. The number of nitrogens with one attached hydrogen (secondary N) is 2. The maximum atomic E-state index is 14.5. The van der Waals surface area contributed by atoms with E-state index >= 15 is 0 Å². The second-order valence-corrected chi connectivity index (χ2v) is 8.61. The summed E-state index contributed by atoms with van der Waals surface area (Å²) in [4.78, 5) is 15.7. The number of carbonyl (C=O) groups is 1. The third kappa shape index (κ3) is 3.78. The van der Waals surface area contributed by atoms with Crippen molar-refractivity contribution in [1.82, 2.24) is 10.3 Å². The van der Waals surface area contributed by atoms with E-state index in [1.165, 1.54) is 18.2 Å². The van der Waals surface area contributed by atoms with Crippen molar-refractivity contribution in [2.45, 2.75) is 43.9 Å². The maximum absolute atomic E-state index is 14.5. The first-order valence-corrected chi connectivity index (χ1v) is 10.8. The predicted octanol–water partition coefficient (Wildman–Crippen LogP) is 4.36. The highest BCUT2D eigenvalue weighted by molar-refractivity contribution is 5.92. The van der Waals surface area contributed by atoms with Gasteiger partial charge in [-0.15, -0.1) is 0 Å². The highest BCUT2D eigenvalue weighted by Crippen LogP contribution is 2.48. The number of H-pyrrole nitrogens is 1. The van der Waals surface area contributed by atoms with Gasteiger partial charge in [0.1, 0.15) is 23.7 Å². The fraction of sp³-hybridized carbons (Fsp3) is 0.375. The van der Waals surface area contributed by atoms with Gasteiger partial charge in [-0.25, -0.2) is 13.2 Å². The molecule has 5 nitrogen and oxygen atoms in total. The molecule has 0 unspecified atom stereocenters. The molecule has 1 aromatic heterocycles. The molecule has 5 rings (SSSR count). The molecule has 2 aliphatic rings. The molecular formula is C24H23F3N2O3. The van der Waals surface area contributed by atoms with Gasteiger partial charge in [0.2, 0.25) is 5.91 Å². The van der Waals surface area contributed by atoms with E-state index in [9.17, 15) is 23.1 Å². The van der Waals surface area contributed by atoms with Gasteiger partial charge in [-0.3, -0.25) is 4.79 Å². The first-order chi connectivity index (χ1) is 15.4. The summed E-state index contributed by atoms with van der Waals surface area (Å²) in [5.74, 6) is -2.19. The Bertz CT molecular complexity index is 1160. The molecule has 2 atom stereocenters. The van der Waals surface area contributed by atoms with Crippen LogP contribution in [0.25, 0.3) is 22.2 Å². The lowest BCUT2D eigenvalue weighted by atomic mass is 9.70. The van der Waals surface area contributed by atoms with Crippen molar-refractivity contribution in [2.24, 2.45) is 5.92 Å². The van der Waals surface area contributed by atoms with Gasteiger partial charge in [-0.05, 0) is 73.1 Å². The minimum atomic E-state index is -0.694. The van der Waals surface area contributed by atoms with Crippen LogP contribution in [0.4, 0.5) is 13.2 Å². The molecule has 168 valence electrons. The zero-order valence-electron chi connectivity index (χ0n) is 17.2. The fourth-order valence-electron chi connectivity index (χ4n) is 4.80. The van der Waals surface area contributed by atoms with E-state index in [2.05, 4.69) is 10.3 Å². The summed E-state index contributed by atoms with van der Waals surface area (Å²) in [6.07, 6.45) is 1.77. The van der Waals surface area contributed by atoms with Crippen molar-refractivity contribution in [3.8, 4) is 11.3 Å². The predicted molar refractivity (Wildman–Crippen MR) is 112 cm³/mol. The van der Waals surface area contributed by atoms with E-state index in [-0.39, 0.29) is 41.8 Å². The van der Waals surface area contributed by atoms with Crippen LogP contribution in [0, 0.1) is 23.4 Å². The smallest absolute Gasteiger partial charge is 0.225 e. The largest absolute Gasteiger partial charge is 0.394 e. The summed E-state index contributed by atoms with van der Waals surface area (Å²) < 4.78 is 47.5. The molecule has 1 aliphatic carbocycles. The number of halogens is 3. The molecule has 32 heavy (non-hydrogen) atoms. The molecular weight excluding hydrogens is 421 g/mol. The van der Waals surface area contributed by atoms with Crippen LogP contribution in [0.5, 0.6) is 0 Å². The molecule has 0 radical (unpaired) electrons. The monoisotopic (exact) mass is 444 g/mol. The first kappa shape index (κ1) is 21.0. The van der Waals surface area contributed by atoms with Gasteiger partial charge < -0.3 is 20.1 Å². The number of hydrogen-bond acceptors (Lipinski definition) is 3. The number of aromatic amines is 1. The van der Waals surface area contributed by atoms with E-state index in [4.69, 9.17) is 4.74 Å². The third-order valence-electron chi connectivity index (χ3n) is 6.53. The number of amides is 1. The molecule has 2 aromatic carbocycles. The van der Waals surface area contributed by atoms with Crippen molar-refractivity contribution in [3.05, 3.63) is 59.4 Å². The highest BCUT2D eigenvalue weighted by atomic mass is 19.1. The average molecular weight is 444 g/mol. The van der Waals surface area contributed by atoms with Crippen LogP contribution in [-0.2, 0) is 9.53 Å². The van der Waals surface area contributed by atoms with Gasteiger partial charge in [-0.1, -0.05) is 0 Å². The number of aliphatic hydroxyl groups excluding tert-OH is 1. The molecule has 1 saturated carbocycles. The summed E-state index contributed by atoms with van der Waals surface area (Å²) in [6, 6.07) is 7.95. The van der Waals surface area contributed by atoms with Gasteiger partial charge >= 0.3 is 0 Å². The molecule has 0 spiro atoms. The molecule has 3 N–H and O–H groups in total. The molecule has 2 fully saturated rings. The van der Waals surface area contributed by atoms with E-state index < -0.39 is 17.9 Å². The second kappa shape index (κ2) is 8.26. The fourth-order valence-corrected chi connectivity index (χ4v) is 4.80. The number of rotatable bonds is 5. The quantitative estimate of drug-likeness (QED) is 0.548. The van der Waals surface area contributed by atoms with Crippen LogP contribution < -0.4 is 5.32 Å². The summed E-state index contributed by atoms with van der Waals surface area (Å²) >= 11 is 0. The van der Waals surface area contributed by atoms with Crippen molar-refractivity contribution in [1.29, 1.82) is 0 Å². The van der Waals surface area contributed by atoms with Crippen molar-refractivity contribution in [2.75, 3.05) is 6.61 Å². The Labute approximate surface area is 182 Å². The van der Waals surface area contributed by atoms with Gasteiger partial charge in [-0.2, -0.15) is 0 Å². The number of fused-ring (bicyclic) bond motifs is 1. The molecule has 1 amide bonds. The third-order valence-corrected chi connectivity index (χ3v) is 6.53. The van der Waals surface area contributed by atoms with Crippen LogP contribution in [0.1, 0.15) is 37.2 Å². The number of hydrogen-bond donors (Lipinski definition) is 3. The van der Waals surface area contributed by atoms with Gasteiger partial charge in [0.05, 0.1) is 23.9 Å². The normalized spacial score (nSPS) is 25.1. The number of benzene rings is 2. The maximum Gasteiger partial charge on any atom is 0.225 e. The summed E-state index contributed by atoms with van der Waals surface area (Å²) in [5.41, 5.74) is 2.22. The standard InChI is InChI=1S/C24H23F3N2O3/c25-15-3-1-12(2-4-15)22-21(18-9-16(26)10-19(27)23(18)29-22)13-7-14(8-13)24(31)28-20-6-5-17(11-30)32-20/h1-4,9-10,13-14,17,20,29-30H,5-8,11H2,(H,28,31)/t13?,14?,17-,20+/m0/s1. The number of carbonyl (C=O) groups excluding carboxylic acids is 1. The Hall–Kier alpha value is -2.84. The number of ether oxygens (including phenoxy) is 1. The zero-order valence-corrected chi connectivity index (χ0v) is 17.2. The Morgan fingerprint density at radius 2 is 1.84 bits per heavy atom. The second-order valence-electron chi connectivity index (χ2n) is 8.61. The van der Waals surface area contributed by atoms with Crippen molar-refractivity contribution in [3.63, 3.8) is 0 Å². The van der Waals surface area contributed by atoms with Crippen LogP contribution in [-0.4, -0.2) is 34.9 Å². The van der Waals surface area contributed by atoms with E-state index in [0.29, 0.717) is 42.3 Å². The lowest BCUT2D eigenvalue weighted by molar-refractivity contribution is -0.132. The van der Waals surface area contributed by atoms with Crippen molar-refractivity contribution >= 4 is 16.8 Å². The number of aliphatic hydroxyl groups is 1. The highest BCUT2D eigenvalue weighted by Gasteiger charge is 2.39. The topological polar surface area (TPSA) is 74.3 Å². The van der Waals surface area contributed by atoms with E-state index in [1.54, 1.807) is 12.1 Å². The molecule has 1 saturated heterocycles. The zero-order chi connectivity index (χ0) is 22.4.